The normalized spacial score (nSPS) is 14.1. The molecule has 148 valence electrons. The van der Waals surface area contributed by atoms with E-state index in [4.69, 9.17) is 9.47 Å². The monoisotopic (exact) mass is 388 g/mol. The van der Waals surface area contributed by atoms with Crippen LogP contribution in [0.5, 0.6) is 5.75 Å². The standard InChI is InChI=1S/C24H24N2O3/c1-4-26(5-2)18-12-13-19-20(17-10-8-7-9-11-17)15-23(29-22(19)14-18)21(16-25)24(27)28-6-3/h7-15H,4-6H2,1-3H3. The zero-order chi connectivity index (χ0) is 20.8. The number of allylic oxidation sites excluding steroid dienone is 1. The van der Waals surface area contributed by atoms with Crippen LogP contribution in [0.25, 0.3) is 5.57 Å². The van der Waals surface area contributed by atoms with Gasteiger partial charge in [0.25, 0.3) is 0 Å². The Hall–Kier alpha value is -3.52. The molecule has 2 aromatic rings. The first kappa shape index (κ1) is 20.2. The fourth-order valence-electron chi connectivity index (χ4n) is 3.34. The number of hydrogen-bond donors (Lipinski definition) is 0. The van der Waals surface area contributed by atoms with Crippen molar-refractivity contribution in [1.29, 1.82) is 5.26 Å². The van der Waals surface area contributed by atoms with E-state index in [2.05, 4.69) is 24.8 Å². The molecular weight excluding hydrogens is 364 g/mol. The molecule has 0 amide bonds. The first-order valence-electron chi connectivity index (χ1n) is 9.78. The highest BCUT2D eigenvalue weighted by Gasteiger charge is 2.25. The van der Waals surface area contributed by atoms with Gasteiger partial charge in [-0.2, -0.15) is 5.26 Å². The molecule has 0 saturated carbocycles. The number of rotatable bonds is 6. The molecule has 2 aromatic carbocycles. The molecule has 0 aromatic heterocycles. The predicted molar refractivity (Wildman–Crippen MR) is 113 cm³/mol. The van der Waals surface area contributed by atoms with Gasteiger partial charge in [-0.3, -0.25) is 0 Å². The highest BCUT2D eigenvalue weighted by molar-refractivity contribution is 5.96. The molecule has 0 atom stereocenters. The van der Waals surface area contributed by atoms with Crippen molar-refractivity contribution in [3.63, 3.8) is 0 Å². The van der Waals surface area contributed by atoms with Gasteiger partial charge in [-0.1, -0.05) is 30.3 Å². The third-order valence-corrected chi connectivity index (χ3v) is 4.80. The van der Waals surface area contributed by atoms with E-state index in [1.165, 1.54) is 0 Å². The summed E-state index contributed by atoms with van der Waals surface area (Å²) in [4.78, 5) is 14.5. The fraction of sp³-hybridized carbons (Fsp3) is 0.250. The van der Waals surface area contributed by atoms with Gasteiger partial charge < -0.3 is 14.4 Å². The van der Waals surface area contributed by atoms with Crippen LogP contribution in [0.4, 0.5) is 5.69 Å². The molecule has 29 heavy (non-hydrogen) atoms. The molecule has 0 bridgehead atoms. The number of benzene rings is 2. The summed E-state index contributed by atoms with van der Waals surface area (Å²) in [6, 6.07) is 17.8. The number of fused-ring (bicyclic) bond motifs is 1. The zero-order valence-electron chi connectivity index (χ0n) is 16.9. The molecule has 1 aliphatic rings. The Balaban J connectivity index is 2.19. The summed E-state index contributed by atoms with van der Waals surface area (Å²) in [7, 11) is 0. The Labute approximate surface area is 171 Å². The maximum Gasteiger partial charge on any atom is 0.352 e. The van der Waals surface area contributed by atoms with Gasteiger partial charge in [0, 0.05) is 30.4 Å². The van der Waals surface area contributed by atoms with Crippen LogP contribution in [0.3, 0.4) is 0 Å². The molecule has 0 aliphatic carbocycles. The number of carbonyl (C=O) groups is 1. The first-order chi connectivity index (χ1) is 14.1. The minimum atomic E-state index is -0.683. The average Bonchev–Trinajstić information content (AvgIpc) is 2.75. The second-order valence-corrected chi connectivity index (χ2v) is 6.45. The molecular formula is C24H24N2O3. The van der Waals surface area contributed by atoms with E-state index >= 15 is 0 Å². The lowest BCUT2D eigenvalue weighted by Crippen LogP contribution is -2.22. The van der Waals surface area contributed by atoms with Crippen LogP contribution in [0.15, 0.2) is 65.9 Å². The summed E-state index contributed by atoms with van der Waals surface area (Å²) in [6.07, 6.45) is 1.74. The summed E-state index contributed by atoms with van der Waals surface area (Å²) in [5.74, 6) is 0.133. The fourth-order valence-corrected chi connectivity index (χ4v) is 3.34. The minimum absolute atomic E-state index is 0.140. The molecule has 0 fully saturated rings. The van der Waals surface area contributed by atoms with Crippen LogP contribution >= 0.6 is 0 Å². The van der Waals surface area contributed by atoms with Crippen molar-refractivity contribution in [2.45, 2.75) is 20.8 Å². The lowest BCUT2D eigenvalue weighted by atomic mass is 9.93. The lowest BCUT2D eigenvalue weighted by Gasteiger charge is -2.26. The Bertz CT molecular complexity index is 997. The molecule has 5 nitrogen and oxygen atoms in total. The van der Waals surface area contributed by atoms with Gasteiger partial charge in [-0.15, -0.1) is 0 Å². The lowest BCUT2D eigenvalue weighted by molar-refractivity contribution is -0.138. The number of nitrogens with zero attached hydrogens (tertiary/aromatic N) is 2. The van der Waals surface area contributed by atoms with Crippen molar-refractivity contribution in [3.05, 3.63) is 77.1 Å². The van der Waals surface area contributed by atoms with Crippen molar-refractivity contribution in [3.8, 4) is 11.8 Å². The maximum absolute atomic E-state index is 12.3. The number of esters is 1. The third-order valence-electron chi connectivity index (χ3n) is 4.80. The molecule has 5 heteroatoms. The molecule has 1 aliphatic heterocycles. The van der Waals surface area contributed by atoms with E-state index in [9.17, 15) is 10.1 Å². The summed E-state index contributed by atoms with van der Waals surface area (Å²) in [5, 5.41) is 9.57. The highest BCUT2D eigenvalue weighted by Crippen LogP contribution is 2.40. The smallest absolute Gasteiger partial charge is 0.352 e. The SMILES string of the molecule is CCOC(=O)C(C#N)=C1C=C(c2ccccc2)c2ccc(N(CC)CC)cc2O1. The summed E-state index contributed by atoms with van der Waals surface area (Å²) in [6.45, 7) is 7.82. The molecule has 0 saturated heterocycles. The topological polar surface area (TPSA) is 62.6 Å². The van der Waals surface area contributed by atoms with Crippen LogP contribution in [0, 0.1) is 11.3 Å². The number of nitriles is 1. The highest BCUT2D eigenvalue weighted by atomic mass is 16.5. The van der Waals surface area contributed by atoms with Crippen LogP contribution in [0.2, 0.25) is 0 Å². The van der Waals surface area contributed by atoms with Crippen molar-refractivity contribution >= 4 is 17.2 Å². The Kier molecular flexibility index (Phi) is 6.36. The maximum atomic E-state index is 12.3. The van der Waals surface area contributed by atoms with Gasteiger partial charge in [0.1, 0.15) is 11.8 Å². The number of anilines is 1. The van der Waals surface area contributed by atoms with E-state index in [0.29, 0.717) is 5.75 Å². The minimum Gasteiger partial charge on any atom is -0.462 e. The van der Waals surface area contributed by atoms with Gasteiger partial charge in [0.05, 0.1) is 6.61 Å². The quantitative estimate of drug-likeness (QED) is 0.408. The molecule has 3 rings (SSSR count). The molecule has 0 N–H and O–H groups in total. The molecule has 1 heterocycles. The summed E-state index contributed by atoms with van der Waals surface area (Å²) >= 11 is 0. The molecule has 0 radical (unpaired) electrons. The number of ether oxygens (including phenoxy) is 2. The predicted octanol–water partition coefficient (Wildman–Crippen LogP) is 4.70. The van der Waals surface area contributed by atoms with Gasteiger partial charge >= 0.3 is 5.97 Å². The Morgan fingerprint density at radius 2 is 1.83 bits per heavy atom. The van der Waals surface area contributed by atoms with Crippen molar-refractivity contribution in [2.24, 2.45) is 0 Å². The Morgan fingerprint density at radius 1 is 1.10 bits per heavy atom. The van der Waals surface area contributed by atoms with E-state index in [1.807, 2.05) is 48.5 Å². The largest absolute Gasteiger partial charge is 0.462 e. The molecule has 0 unspecified atom stereocenters. The number of carbonyl (C=O) groups excluding carboxylic acids is 1. The van der Waals surface area contributed by atoms with E-state index in [0.717, 1.165) is 35.5 Å². The van der Waals surface area contributed by atoms with Crippen molar-refractivity contribution in [2.75, 3.05) is 24.6 Å². The van der Waals surface area contributed by atoms with Gasteiger partial charge in [0.2, 0.25) is 0 Å². The first-order valence-corrected chi connectivity index (χ1v) is 9.78. The van der Waals surface area contributed by atoms with E-state index in [1.54, 1.807) is 13.0 Å². The zero-order valence-corrected chi connectivity index (χ0v) is 16.9. The van der Waals surface area contributed by atoms with Crippen molar-refractivity contribution < 1.29 is 14.3 Å². The molecule has 0 spiro atoms. The van der Waals surface area contributed by atoms with Crippen LogP contribution in [-0.4, -0.2) is 25.7 Å². The number of hydrogen-bond acceptors (Lipinski definition) is 5. The summed E-state index contributed by atoms with van der Waals surface area (Å²) in [5.41, 5.74) is 3.67. The second kappa shape index (κ2) is 9.11. The van der Waals surface area contributed by atoms with E-state index in [-0.39, 0.29) is 17.9 Å². The van der Waals surface area contributed by atoms with Crippen molar-refractivity contribution in [1.82, 2.24) is 0 Å². The van der Waals surface area contributed by atoms with Crippen LogP contribution in [-0.2, 0) is 9.53 Å². The van der Waals surface area contributed by atoms with Gasteiger partial charge in [-0.25, -0.2) is 4.79 Å². The summed E-state index contributed by atoms with van der Waals surface area (Å²) < 4.78 is 11.1. The van der Waals surface area contributed by atoms with Gasteiger partial charge in [-0.05, 0) is 50.1 Å². The van der Waals surface area contributed by atoms with E-state index < -0.39 is 5.97 Å². The Morgan fingerprint density at radius 3 is 2.45 bits per heavy atom. The van der Waals surface area contributed by atoms with Crippen LogP contribution in [0.1, 0.15) is 31.9 Å². The average molecular weight is 388 g/mol. The third kappa shape index (κ3) is 4.17. The van der Waals surface area contributed by atoms with Crippen LogP contribution < -0.4 is 9.64 Å². The van der Waals surface area contributed by atoms with Gasteiger partial charge in [0.15, 0.2) is 11.3 Å². The second-order valence-electron chi connectivity index (χ2n) is 6.45.